The minimum absolute atomic E-state index is 0.101. The Bertz CT molecular complexity index is 880. The molecule has 0 aromatic heterocycles. The molecular formula is C27H33ClO7. The number of hydrogen-bond donors (Lipinski definition) is 1. The van der Waals surface area contributed by atoms with E-state index < -0.39 is 36.7 Å². The van der Waals surface area contributed by atoms with E-state index in [1.165, 1.54) is 0 Å². The van der Waals surface area contributed by atoms with E-state index in [4.69, 9.17) is 35.3 Å². The Kier molecular flexibility index (Phi) is 11.7. The van der Waals surface area contributed by atoms with Crippen molar-refractivity contribution in [1.29, 1.82) is 0 Å². The van der Waals surface area contributed by atoms with Gasteiger partial charge in [0.05, 0.1) is 26.4 Å². The molecule has 3 rings (SSSR count). The molecule has 0 amide bonds. The number of carbonyl (C=O) groups excluding carboxylic acids is 1. The first-order valence-corrected chi connectivity index (χ1v) is 12.2. The lowest BCUT2D eigenvalue weighted by Crippen LogP contribution is -2.61. The van der Waals surface area contributed by atoms with Gasteiger partial charge in [-0.05, 0) is 24.0 Å². The molecule has 1 saturated heterocycles. The minimum Gasteiger partial charge on any atom is -0.453 e. The molecule has 35 heavy (non-hydrogen) atoms. The highest BCUT2D eigenvalue weighted by Gasteiger charge is 2.49. The van der Waals surface area contributed by atoms with Crippen LogP contribution in [0.1, 0.15) is 24.0 Å². The fourth-order valence-electron chi connectivity index (χ4n) is 3.72. The molecule has 1 fully saturated rings. The van der Waals surface area contributed by atoms with Crippen LogP contribution in [0.4, 0.5) is 0 Å². The first-order chi connectivity index (χ1) is 17.1. The fourth-order valence-corrected chi connectivity index (χ4v) is 3.79. The molecule has 1 aliphatic heterocycles. The third kappa shape index (κ3) is 8.72. The van der Waals surface area contributed by atoms with Crippen LogP contribution >= 0.6 is 11.6 Å². The van der Waals surface area contributed by atoms with E-state index in [0.717, 1.165) is 17.5 Å². The van der Waals surface area contributed by atoms with Crippen LogP contribution in [-0.2, 0) is 41.7 Å². The van der Waals surface area contributed by atoms with Gasteiger partial charge in [-0.15, -0.1) is 18.2 Å². The number of rotatable bonds is 14. The van der Waals surface area contributed by atoms with Crippen molar-refractivity contribution in [2.75, 3.05) is 19.1 Å². The van der Waals surface area contributed by atoms with E-state index in [1.54, 1.807) is 6.08 Å². The number of alkyl halides is 1. The van der Waals surface area contributed by atoms with Gasteiger partial charge >= 0.3 is 5.97 Å². The Hall–Kier alpha value is -2.26. The van der Waals surface area contributed by atoms with Crippen LogP contribution in [0.15, 0.2) is 73.3 Å². The molecular weight excluding hydrogens is 472 g/mol. The number of benzene rings is 2. The first-order valence-electron chi connectivity index (χ1n) is 11.7. The largest absolute Gasteiger partial charge is 0.453 e. The molecule has 1 N–H and O–H groups in total. The second-order valence-corrected chi connectivity index (χ2v) is 8.45. The maximum absolute atomic E-state index is 12.1. The van der Waals surface area contributed by atoms with Crippen LogP contribution < -0.4 is 0 Å². The van der Waals surface area contributed by atoms with Gasteiger partial charge in [-0.1, -0.05) is 66.7 Å². The average Bonchev–Trinajstić information content (AvgIpc) is 2.89. The second kappa shape index (κ2) is 15.0. The standard InChI is InChI=1S/C27H33ClO7/c1-2-3-10-15-32-27-26(35-23(29)16-28)25(33-18-21-13-8-5-9-14-21)24(30)22(34-27)19-31-17-20-11-6-4-7-12-20/h2,4-9,11-14,22,24-27,30H,1,3,10,15-19H2/t22-,24-,25+,26+,27+/m1/s1. The summed E-state index contributed by atoms with van der Waals surface area (Å²) in [5, 5.41) is 11.2. The number of ether oxygens (including phenoxy) is 5. The van der Waals surface area contributed by atoms with Crippen molar-refractivity contribution in [1.82, 2.24) is 0 Å². The van der Waals surface area contributed by atoms with Crippen molar-refractivity contribution in [2.24, 2.45) is 0 Å². The number of halogens is 1. The zero-order valence-electron chi connectivity index (χ0n) is 19.7. The predicted octanol–water partition coefficient (Wildman–Crippen LogP) is 4.01. The summed E-state index contributed by atoms with van der Waals surface area (Å²) < 4.78 is 29.4. The van der Waals surface area contributed by atoms with Gasteiger partial charge in [0.1, 0.15) is 24.2 Å². The summed E-state index contributed by atoms with van der Waals surface area (Å²) in [5.41, 5.74) is 1.91. The summed E-state index contributed by atoms with van der Waals surface area (Å²) >= 11 is 5.69. The molecule has 0 unspecified atom stereocenters. The quantitative estimate of drug-likeness (QED) is 0.180. The molecule has 1 aliphatic rings. The van der Waals surface area contributed by atoms with Crippen molar-refractivity contribution < 1.29 is 33.6 Å². The third-order valence-corrected chi connectivity index (χ3v) is 5.73. The van der Waals surface area contributed by atoms with Gasteiger partial charge < -0.3 is 28.8 Å². The van der Waals surface area contributed by atoms with E-state index in [9.17, 15) is 9.90 Å². The van der Waals surface area contributed by atoms with Crippen molar-refractivity contribution in [2.45, 2.75) is 56.8 Å². The maximum atomic E-state index is 12.1. The van der Waals surface area contributed by atoms with Crippen LogP contribution in [0.25, 0.3) is 0 Å². The van der Waals surface area contributed by atoms with Crippen molar-refractivity contribution in [3.63, 3.8) is 0 Å². The number of esters is 1. The Labute approximate surface area is 211 Å². The number of unbranched alkanes of at least 4 members (excludes halogenated alkanes) is 1. The summed E-state index contributed by atoms with van der Waals surface area (Å²) in [7, 11) is 0. The summed E-state index contributed by atoms with van der Waals surface area (Å²) in [6, 6.07) is 19.2. The van der Waals surface area contributed by atoms with E-state index >= 15 is 0 Å². The van der Waals surface area contributed by atoms with Crippen molar-refractivity contribution in [3.05, 3.63) is 84.4 Å². The number of hydrogen-bond acceptors (Lipinski definition) is 7. The van der Waals surface area contributed by atoms with Crippen LogP contribution in [0, 0.1) is 0 Å². The second-order valence-electron chi connectivity index (χ2n) is 8.19. The van der Waals surface area contributed by atoms with Gasteiger partial charge in [0.15, 0.2) is 12.4 Å². The van der Waals surface area contributed by atoms with Crippen LogP contribution in [0.5, 0.6) is 0 Å². The highest BCUT2D eigenvalue weighted by Crippen LogP contribution is 2.28. The highest BCUT2D eigenvalue weighted by atomic mass is 35.5. The van der Waals surface area contributed by atoms with Crippen molar-refractivity contribution >= 4 is 17.6 Å². The zero-order chi connectivity index (χ0) is 24.9. The SMILES string of the molecule is C=CCCCO[C@H]1O[C@H](COCc2ccccc2)[C@@H](O)[C@H](OCc2ccccc2)[C@@H]1OC(=O)CCl. The van der Waals surface area contributed by atoms with Crippen LogP contribution in [0.3, 0.4) is 0 Å². The number of carbonyl (C=O) groups is 1. The molecule has 1 heterocycles. The number of aliphatic hydroxyl groups excluding tert-OH is 1. The molecule has 2 aromatic carbocycles. The summed E-state index contributed by atoms with van der Waals surface area (Å²) in [4.78, 5) is 12.1. The van der Waals surface area contributed by atoms with Gasteiger partial charge in [0.2, 0.25) is 0 Å². The van der Waals surface area contributed by atoms with Crippen molar-refractivity contribution in [3.8, 4) is 0 Å². The highest BCUT2D eigenvalue weighted by molar-refractivity contribution is 6.26. The Balaban J connectivity index is 1.73. The van der Waals surface area contributed by atoms with Gasteiger partial charge in [0.25, 0.3) is 0 Å². The summed E-state index contributed by atoms with van der Waals surface area (Å²) in [6.45, 7) is 4.74. The molecule has 0 bridgehead atoms. The summed E-state index contributed by atoms with van der Waals surface area (Å²) in [6.07, 6.45) is -1.48. The van der Waals surface area contributed by atoms with Gasteiger partial charge in [-0.2, -0.15) is 0 Å². The maximum Gasteiger partial charge on any atom is 0.321 e. The smallest absolute Gasteiger partial charge is 0.321 e. The fraction of sp³-hybridized carbons (Fsp3) is 0.444. The van der Waals surface area contributed by atoms with Crippen LogP contribution in [-0.4, -0.2) is 60.9 Å². The Morgan fingerprint density at radius 3 is 2.29 bits per heavy atom. The third-order valence-electron chi connectivity index (χ3n) is 5.51. The molecule has 190 valence electrons. The Morgan fingerprint density at radius 2 is 1.66 bits per heavy atom. The minimum atomic E-state index is -1.13. The van der Waals surface area contributed by atoms with E-state index in [0.29, 0.717) is 19.6 Å². The lowest BCUT2D eigenvalue weighted by Gasteiger charge is -2.43. The van der Waals surface area contributed by atoms with Gasteiger partial charge in [-0.25, -0.2) is 0 Å². The molecule has 2 aromatic rings. The number of aliphatic hydroxyl groups is 1. The normalized spacial score (nSPS) is 24.1. The van der Waals surface area contributed by atoms with Gasteiger partial charge in [0, 0.05) is 0 Å². The molecule has 5 atom stereocenters. The molecule has 0 spiro atoms. The first kappa shape index (κ1) is 27.3. The molecule has 0 radical (unpaired) electrons. The molecule has 0 saturated carbocycles. The van der Waals surface area contributed by atoms with E-state index in [2.05, 4.69) is 6.58 Å². The predicted molar refractivity (Wildman–Crippen MR) is 132 cm³/mol. The molecule has 7 nitrogen and oxygen atoms in total. The molecule has 0 aliphatic carbocycles. The van der Waals surface area contributed by atoms with Gasteiger partial charge in [-0.3, -0.25) is 4.79 Å². The lowest BCUT2D eigenvalue weighted by atomic mass is 9.98. The zero-order valence-corrected chi connectivity index (χ0v) is 20.4. The monoisotopic (exact) mass is 504 g/mol. The average molecular weight is 505 g/mol. The topological polar surface area (TPSA) is 83.5 Å². The van der Waals surface area contributed by atoms with E-state index in [-0.39, 0.29) is 19.1 Å². The summed E-state index contributed by atoms with van der Waals surface area (Å²) in [5.74, 6) is -0.996. The van der Waals surface area contributed by atoms with Crippen LogP contribution in [0.2, 0.25) is 0 Å². The lowest BCUT2D eigenvalue weighted by molar-refractivity contribution is -0.313. The number of allylic oxidation sites excluding steroid dienone is 1. The van der Waals surface area contributed by atoms with E-state index in [1.807, 2.05) is 60.7 Å². The Morgan fingerprint density at radius 1 is 1.00 bits per heavy atom. The molecule has 8 heteroatoms.